The lowest BCUT2D eigenvalue weighted by molar-refractivity contribution is -0.120. The Morgan fingerprint density at radius 3 is 2.52 bits per heavy atom. The molecule has 5 nitrogen and oxygen atoms in total. The molecule has 2 aliphatic rings. The Morgan fingerprint density at radius 2 is 1.91 bits per heavy atom. The highest BCUT2D eigenvalue weighted by Crippen LogP contribution is 2.49. The molecule has 0 saturated carbocycles. The highest BCUT2D eigenvalue weighted by Gasteiger charge is 2.43. The zero-order valence-electron chi connectivity index (χ0n) is 14.0. The van der Waals surface area contributed by atoms with Crippen LogP contribution in [0.3, 0.4) is 0 Å². The van der Waals surface area contributed by atoms with E-state index in [1.54, 1.807) is 13.2 Å². The van der Waals surface area contributed by atoms with Crippen LogP contribution < -0.4 is 4.74 Å². The molecule has 0 radical (unpaired) electrons. The maximum absolute atomic E-state index is 12.3. The molecule has 1 N–H and O–H groups in total. The van der Waals surface area contributed by atoms with Gasteiger partial charge in [-0.2, -0.15) is 0 Å². The summed E-state index contributed by atoms with van der Waals surface area (Å²) in [4.78, 5) is 14.5. The van der Waals surface area contributed by atoms with E-state index in [1.165, 1.54) is 7.11 Å². The van der Waals surface area contributed by atoms with Crippen molar-refractivity contribution in [2.75, 3.05) is 28.3 Å². The zero-order chi connectivity index (χ0) is 16.7. The summed E-state index contributed by atoms with van der Waals surface area (Å²) in [5.74, 6) is 1.13. The molecule has 124 valence electrons. The molecular weight excluding hydrogens is 294 g/mol. The van der Waals surface area contributed by atoms with Gasteiger partial charge in [-0.1, -0.05) is 6.07 Å². The number of fused-ring (bicyclic) bond motifs is 3. The largest absolute Gasteiger partial charge is 0.504 e. The van der Waals surface area contributed by atoms with Gasteiger partial charge in [-0.05, 0) is 38.2 Å². The summed E-state index contributed by atoms with van der Waals surface area (Å²) < 4.78 is 10.5. The summed E-state index contributed by atoms with van der Waals surface area (Å²) in [6.45, 7) is 0. The van der Waals surface area contributed by atoms with Gasteiger partial charge >= 0.3 is 0 Å². The lowest BCUT2D eigenvalue weighted by Crippen LogP contribution is -2.44. The maximum atomic E-state index is 12.3. The highest BCUT2D eigenvalue weighted by molar-refractivity contribution is 5.95. The minimum absolute atomic E-state index is 0.0127. The molecule has 23 heavy (non-hydrogen) atoms. The van der Waals surface area contributed by atoms with E-state index in [4.69, 9.17) is 9.47 Å². The van der Waals surface area contributed by atoms with Crippen molar-refractivity contribution in [1.82, 2.24) is 4.90 Å². The van der Waals surface area contributed by atoms with Gasteiger partial charge in [-0.15, -0.1) is 0 Å². The molecule has 0 heterocycles. The number of carbonyl (C=O) groups is 1. The number of allylic oxidation sites excluding steroid dienone is 1. The first-order valence-corrected chi connectivity index (χ1v) is 7.82. The number of ketones is 1. The smallest absolute Gasteiger partial charge is 0.197 e. The van der Waals surface area contributed by atoms with Crippen LogP contribution in [-0.4, -0.2) is 50.1 Å². The Bertz CT molecular complexity index is 665. The van der Waals surface area contributed by atoms with Gasteiger partial charge < -0.3 is 19.5 Å². The fourth-order valence-corrected chi connectivity index (χ4v) is 3.95. The lowest BCUT2D eigenvalue weighted by atomic mass is 9.67. The van der Waals surface area contributed by atoms with Crippen LogP contribution in [0.4, 0.5) is 0 Å². The van der Waals surface area contributed by atoms with E-state index in [-0.39, 0.29) is 29.4 Å². The summed E-state index contributed by atoms with van der Waals surface area (Å²) in [7, 11) is 7.17. The van der Waals surface area contributed by atoms with Gasteiger partial charge in [0, 0.05) is 29.9 Å². The number of phenolic OH excluding ortho intramolecular Hbond substituents is 1. The topological polar surface area (TPSA) is 59.0 Å². The third-order valence-corrected chi connectivity index (χ3v) is 5.11. The SMILES string of the molecule is COC1=CC2C(CC1=O)c1c(ccc(OC)c1O)C[C@@H]2N(C)C. The van der Waals surface area contributed by atoms with Crippen molar-refractivity contribution < 1.29 is 19.4 Å². The fraction of sp³-hybridized carbons (Fsp3) is 0.500. The maximum Gasteiger partial charge on any atom is 0.197 e. The standard InChI is InChI=1S/C18H23NO4/c1-19(2)13-7-10-5-6-15(22-3)18(21)17(10)12-8-14(20)16(23-4)9-11(12)13/h5-6,9,11-13,21H,7-8H2,1-4H3/t11?,12?,13-/m0/s1. The molecule has 0 fully saturated rings. The minimum Gasteiger partial charge on any atom is -0.504 e. The van der Waals surface area contributed by atoms with E-state index in [0.717, 1.165) is 17.5 Å². The molecule has 5 heteroatoms. The van der Waals surface area contributed by atoms with E-state index in [2.05, 4.69) is 4.90 Å². The number of methoxy groups -OCH3 is 2. The van der Waals surface area contributed by atoms with E-state index >= 15 is 0 Å². The molecule has 0 bridgehead atoms. The predicted octanol–water partition coefficient (Wildman–Crippen LogP) is 2.09. The monoisotopic (exact) mass is 317 g/mol. The second-order valence-electron chi connectivity index (χ2n) is 6.47. The number of benzene rings is 1. The van der Waals surface area contributed by atoms with Gasteiger partial charge in [0.25, 0.3) is 0 Å². The first-order chi connectivity index (χ1) is 11.0. The van der Waals surface area contributed by atoms with Crippen LogP contribution in [0.1, 0.15) is 23.5 Å². The van der Waals surface area contributed by atoms with Gasteiger partial charge in [0.05, 0.1) is 14.2 Å². The van der Waals surface area contributed by atoms with Crippen molar-refractivity contribution >= 4 is 5.78 Å². The number of carbonyl (C=O) groups excluding carboxylic acids is 1. The number of hydrogen-bond acceptors (Lipinski definition) is 5. The number of ether oxygens (including phenoxy) is 2. The first kappa shape index (κ1) is 15.9. The number of aromatic hydroxyl groups is 1. The Morgan fingerprint density at radius 1 is 1.17 bits per heavy atom. The normalized spacial score (nSPS) is 26.4. The number of phenols is 1. The van der Waals surface area contributed by atoms with Gasteiger partial charge in [0.2, 0.25) is 0 Å². The van der Waals surface area contributed by atoms with Crippen LogP contribution in [0.25, 0.3) is 0 Å². The van der Waals surface area contributed by atoms with E-state index in [9.17, 15) is 9.90 Å². The van der Waals surface area contributed by atoms with Crippen LogP contribution in [0.15, 0.2) is 24.0 Å². The van der Waals surface area contributed by atoms with Gasteiger partial charge in [0.15, 0.2) is 23.0 Å². The van der Waals surface area contributed by atoms with Crippen molar-refractivity contribution in [3.8, 4) is 11.5 Å². The van der Waals surface area contributed by atoms with Crippen molar-refractivity contribution in [2.45, 2.75) is 24.8 Å². The van der Waals surface area contributed by atoms with E-state index < -0.39 is 0 Å². The molecule has 3 atom stereocenters. The summed E-state index contributed by atoms with van der Waals surface area (Å²) in [5.41, 5.74) is 1.94. The Balaban J connectivity index is 2.15. The summed E-state index contributed by atoms with van der Waals surface area (Å²) in [6, 6.07) is 4.06. The quantitative estimate of drug-likeness (QED) is 0.925. The van der Waals surface area contributed by atoms with E-state index in [0.29, 0.717) is 17.9 Å². The van der Waals surface area contributed by atoms with Crippen LogP contribution in [-0.2, 0) is 16.0 Å². The van der Waals surface area contributed by atoms with Crippen LogP contribution in [0.5, 0.6) is 11.5 Å². The average Bonchev–Trinajstić information content (AvgIpc) is 2.53. The van der Waals surface area contributed by atoms with Crippen LogP contribution >= 0.6 is 0 Å². The van der Waals surface area contributed by atoms with Crippen molar-refractivity contribution in [1.29, 1.82) is 0 Å². The molecule has 1 aromatic carbocycles. The number of hydrogen-bond donors (Lipinski definition) is 1. The Hall–Kier alpha value is -2.01. The van der Waals surface area contributed by atoms with Crippen molar-refractivity contribution in [3.05, 3.63) is 35.1 Å². The molecule has 2 unspecified atom stereocenters. The third kappa shape index (κ3) is 2.49. The van der Waals surface area contributed by atoms with E-state index in [1.807, 2.05) is 26.2 Å². The van der Waals surface area contributed by atoms with Crippen LogP contribution in [0, 0.1) is 5.92 Å². The predicted molar refractivity (Wildman–Crippen MR) is 86.8 cm³/mol. The fourth-order valence-electron chi connectivity index (χ4n) is 3.95. The molecule has 3 rings (SSSR count). The average molecular weight is 317 g/mol. The summed E-state index contributed by atoms with van der Waals surface area (Å²) >= 11 is 0. The molecule has 0 saturated heterocycles. The second kappa shape index (κ2) is 5.89. The minimum atomic E-state index is -0.0485. The first-order valence-electron chi connectivity index (χ1n) is 7.82. The molecular formula is C18H23NO4. The second-order valence-corrected chi connectivity index (χ2v) is 6.47. The molecule has 0 aliphatic heterocycles. The van der Waals surface area contributed by atoms with Crippen molar-refractivity contribution in [2.24, 2.45) is 5.92 Å². The number of likely N-dealkylation sites (N-methyl/N-ethyl adjacent to an activating group) is 1. The van der Waals surface area contributed by atoms with Crippen LogP contribution in [0.2, 0.25) is 0 Å². The summed E-state index contributed by atoms with van der Waals surface area (Å²) in [6.07, 6.45) is 3.11. The Labute approximate surface area is 136 Å². The Kier molecular flexibility index (Phi) is 4.06. The van der Waals surface area contributed by atoms with Gasteiger partial charge in [0.1, 0.15) is 0 Å². The molecule has 0 spiro atoms. The zero-order valence-corrected chi connectivity index (χ0v) is 14.0. The molecule has 0 aromatic heterocycles. The van der Waals surface area contributed by atoms with Gasteiger partial charge in [-0.3, -0.25) is 4.79 Å². The lowest BCUT2D eigenvalue weighted by Gasteiger charge is -2.43. The molecule has 2 aliphatic carbocycles. The van der Waals surface area contributed by atoms with Gasteiger partial charge in [-0.25, -0.2) is 0 Å². The molecule has 1 aromatic rings. The van der Waals surface area contributed by atoms with Crippen molar-refractivity contribution in [3.63, 3.8) is 0 Å². The number of Topliss-reactive ketones (excluding diaryl/α,β-unsaturated/α-hetero) is 1. The number of rotatable bonds is 3. The highest BCUT2D eigenvalue weighted by atomic mass is 16.5. The molecule has 0 amide bonds. The number of nitrogens with zero attached hydrogens (tertiary/aromatic N) is 1. The summed E-state index contributed by atoms with van der Waals surface area (Å²) in [5, 5.41) is 10.6. The third-order valence-electron chi connectivity index (χ3n) is 5.11.